The molecule has 2 saturated heterocycles. The van der Waals surface area contributed by atoms with Crippen LogP contribution in [0, 0.1) is 0 Å². The van der Waals surface area contributed by atoms with Gasteiger partial charge in [0.15, 0.2) is 0 Å². The van der Waals surface area contributed by atoms with Gasteiger partial charge in [-0.3, -0.25) is 9.69 Å². The van der Waals surface area contributed by atoms with Crippen molar-refractivity contribution >= 4 is 5.91 Å². The van der Waals surface area contributed by atoms with Crippen LogP contribution in [0.15, 0.2) is 10.6 Å². The van der Waals surface area contributed by atoms with Crippen LogP contribution in [0.5, 0.6) is 0 Å². The lowest BCUT2D eigenvalue weighted by Gasteiger charge is -2.36. The minimum atomic E-state index is -2.60. The maximum atomic E-state index is 13.2. The Morgan fingerprint density at radius 1 is 1.32 bits per heavy atom. The summed E-state index contributed by atoms with van der Waals surface area (Å²) in [7, 11) is 0. The quantitative estimate of drug-likeness (QED) is 0.894. The molecule has 25 heavy (non-hydrogen) atoms. The number of alkyl halides is 2. The molecule has 6 nitrogen and oxygen atoms in total. The number of aromatic nitrogens is 1. The Kier molecular flexibility index (Phi) is 4.85. The standard InChI is InChI=1S/C17H25F2N3O3/c1-12(2)13-9-14(25-20-13)15(23)22-8-3-16(24,11-22)10-21-6-4-17(18,19)5-7-21/h9,12,24H,3-8,10-11H2,1-2H3/t16-/m1/s1. The van der Waals surface area contributed by atoms with Gasteiger partial charge in [-0.25, -0.2) is 8.78 Å². The van der Waals surface area contributed by atoms with Crippen molar-refractivity contribution in [1.29, 1.82) is 0 Å². The van der Waals surface area contributed by atoms with Crippen molar-refractivity contribution in [2.45, 2.75) is 50.6 Å². The maximum absolute atomic E-state index is 13.2. The number of carbonyl (C=O) groups is 1. The van der Waals surface area contributed by atoms with Crippen LogP contribution in [0.3, 0.4) is 0 Å². The van der Waals surface area contributed by atoms with E-state index in [2.05, 4.69) is 5.16 Å². The number of hydrogen-bond acceptors (Lipinski definition) is 5. The molecule has 3 rings (SSSR count). The zero-order valence-electron chi connectivity index (χ0n) is 14.7. The molecule has 0 saturated carbocycles. The highest BCUT2D eigenvalue weighted by Crippen LogP contribution is 2.30. The van der Waals surface area contributed by atoms with Gasteiger partial charge in [0.2, 0.25) is 5.76 Å². The summed E-state index contributed by atoms with van der Waals surface area (Å²) >= 11 is 0. The van der Waals surface area contributed by atoms with Crippen LogP contribution in [-0.4, -0.2) is 70.2 Å². The fraction of sp³-hybridized carbons (Fsp3) is 0.765. The number of β-amino-alcohol motifs (C(OH)–C–C–N with tert-alkyl or cyclic N) is 1. The molecule has 0 aliphatic carbocycles. The lowest BCUT2D eigenvalue weighted by molar-refractivity contribution is -0.0720. The Balaban J connectivity index is 1.57. The number of aliphatic hydroxyl groups is 1. The Bertz CT molecular complexity index is 624. The first-order valence-electron chi connectivity index (χ1n) is 8.76. The number of hydrogen-bond donors (Lipinski definition) is 1. The second-order valence-corrected chi connectivity index (χ2v) is 7.60. The SMILES string of the molecule is CC(C)c1cc(C(=O)N2CC[C@@](O)(CN3CCC(F)(F)CC3)C2)on1. The van der Waals surface area contributed by atoms with Crippen molar-refractivity contribution < 1.29 is 23.2 Å². The Morgan fingerprint density at radius 2 is 2.00 bits per heavy atom. The van der Waals surface area contributed by atoms with E-state index in [0.29, 0.717) is 25.2 Å². The van der Waals surface area contributed by atoms with Crippen LogP contribution in [0.4, 0.5) is 8.78 Å². The Morgan fingerprint density at radius 3 is 2.60 bits per heavy atom. The van der Waals surface area contributed by atoms with Crippen LogP contribution in [0.1, 0.15) is 55.3 Å². The molecule has 2 aliphatic rings. The molecule has 1 aromatic heterocycles. The van der Waals surface area contributed by atoms with Gasteiger partial charge < -0.3 is 14.5 Å². The molecular formula is C17H25F2N3O3. The van der Waals surface area contributed by atoms with E-state index in [0.717, 1.165) is 0 Å². The van der Waals surface area contributed by atoms with E-state index in [-0.39, 0.29) is 50.1 Å². The summed E-state index contributed by atoms with van der Waals surface area (Å²) in [6, 6.07) is 1.64. The maximum Gasteiger partial charge on any atom is 0.292 e. The summed E-state index contributed by atoms with van der Waals surface area (Å²) in [5, 5.41) is 14.7. The topological polar surface area (TPSA) is 69.8 Å². The van der Waals surface area contributed by atoms with Crippen molar-refractivity contribution in [1.82, 2.24) is 15.0 Å². The van der Waals surface area contributed by atoms with Gasteiger partial charge in [-0.1, -0.05) is 19.0 Å². The molecule has 1 atom stereocenters. The molecule has 2 aliphatic heterocycles. The fourth-order valence-corrected chi connectivity index (χ4v) is 3.43. The summed E-state index contributed by atoms with van der Waals surface area (Å²) in [5.41, 5.74) is -0.351. The summed E-state index contributed by atoms with van der Waals surface area (Å²) in [4.78, 5) is 15.9. The summed E-state index contributed by atoms with van der Waals surface area (Å²) in [5.74, 6) is -2.55. The van der Waals surface area contributed by atoms with Crippen LogP contribution in [0.2, 0.25) is 0 Å². The number of carbonyl (C=O) groups excluding carboxylic acids is 1. The predicted molar refractivity (Wildman–Crippen MR) is 86.7 cm³/mol. The largest absolute Gasteiger partial charge is 0.387 e. The molecule has 1 amide bonds. The molecule has 140 valence electrons. The van der Waals surface area contributed by atoms with Crippen molar-refractivity contribution in [3.8, 4) is 0 Å². The van der Waals surface area contributed by atoms with Crippen LogP contribution in [0.25, 0.3) is 0 Å². The molecule has 2 fully saturated rings. The third-order valence-electron chi connectivity index (χ3n) is 5.06. The van der Waals surface area contributed by atoms with Crippen molar-refractivity contribution in [3.05, 3.63) is 17.5 Å². The van der Waals surface area contributed by atoms with E-state index < -0.39 is 11.5 Å². The number of halogens is 2. The number of nitrogens with zero attached hydrogens (tertiary/aromatic N) is 3. The van der Waals surface area contributed by atoms with Gasteiger partial charge in [0.25, 0.3) is 11.8 Å². The van der Waals surface area contributed by atoms with Crippen molar-refractivity contribution in [3.63, 3.8) is 0 Å². The highest BCUT2D eigenvalue weighted by molar-refractivity contribution is 5.91. The van der Waals surface area contributed by atoms with Gasteiger partial charge in [0.05, 0.1) is 17.8 Å². The Hall–Kier alpha value is -1.54. The normalized spacial score (nSPS) is 27.2. The van der Waals surface area contributed by atoms with E-state index in [1.807, 2.05) is 18.7 Å². The monoisotopic (exact) mass is 357 g/mol. The minimum absolute atomic E-state index is 0.165. The first-order chi connectivity index (χ1) is 11.7. The van der Waals surface area contributed by atoms with Crippen LogP contribution < -0.4 is 0 Å². The molecule has 1 aromatic rings. The molecule has 0 aromatic carbocycles. The van der Waals surface area contributed by atoms with Crippen LogP contribution in [-0.2, 0) is 0 Å². The summed E-state index contributed by atoms with van der Waals surface area (Å²) in [6.45, 7) is 5.35. The smallest absolute Gasteiger partial charge is 0.292 e. The van der Waals surface area contributed by atoms with Gasteiger partial charge in [-0.15, -0.1) is 0 Å². The zero-order valence-corrected chi connectivity index (χ0v) is 14.7. The summed E-state index contributed by atoms with van der Waals surface area (Å²) < 4.78 is 31.6. The van der Waals surface area contributed by atoms with Gasteiger partial charge in [0.1, 0.15) is 0 Å². The number of amides is 1. The number of piperidine rings is 1. The molecule has 8 heteroatoms. The van der Waals surface area contributed by atoms with Gasteiger partial charge in [-0.2, -0.15) is 0 Å². The molecule has 0 unspecified atom stereocenters. The molecular weight excluding hydrogens is 332 g/mol. The van der Waals surface area contributed by atoms with E-state index in [9.17, 15) is 18.7 Å². The van der Waals surface area contributed by atoms with Crippen molar-refractivity contribution in [2.24, 2.45) is 0 Å². The molecule has 0 bridgehead atoms. The van der Waals surface area contributed by atoms with Gasteiger partial charge in [0, 0.05) is 45.1 Å². The average molecular weight is 357 g/mol. The number of rotatable bonds is 4. The van der Waals surface area contributed by atoms with E-state index in [4.69, 9.17) is 4.52 Å². The molecule has 3 heterocycles. The molecule has 0 spiro atoms. The first-order valence-corrected chi connectivity index (χ1v) is 8.76. The number of likely N-dealkylation sites (tertiary alicyclic amines) is 2. The first kappa shape index (κ1) is 18.3. The van der Waals surface area contributed by atoms with E-state index in [1.54, 1.807) is 11.0 Å². The molecule has 0 radical (unpaired) electrons. The van der Waals surface area contributed by atoms with E-state index >= 15 is 0 Å². The van der Waals surface area contributed by atoms with Crippen molar-refractivity contribution in [2.75, 3.05) is 32.7 Å². The average Bonchev–Trinajstić information content (AvgIpc) is 3.16. The second kappa shape index (κ2) is 6.64. The zero-order chi connectivity index (χ0) is 18.2. The van der Waals surface area contributed by atoms with Gasteiger partial charge >= 0.3 is 0 Å². The fourth-order valence-electron chi connectivity index (χ4n) is 3.43. The highest BCUT2D eigenvalue weighted by Gasteiger charge is 2.42. The lowest BCUT2D eigenvalue weighted by Crippen LogP contribution is -2.49. The summed E-state index contributed by atoms with van der Waals surface area (Å²) in [6.07, 6.45) is 0.0698. The molecule has 1 N–H and O–H groups in total. The van der Waals surface area contributed by atoms with E-state index in [1.165, 1.54) is 0 Å². The lowest BCUT2D eigenvalue weighted by atomic mass is 10.00. The van der Waals surface area contributed by atoms with Crippen LogP contribution >= 0.6 is 0 Å². The Labute approximate surface area is 145 Å². The highest BCUT2D eigenvalue weighted by atomic mass is 19.3. The second-order valence-electron chi connectivity index (χ2n) is 7.60. The van der Waals surface area contributed by atoms with Gasteiger partial charge in [-0.05, 0) is 12.3 Å². The third kappa shape index (κ3) is 4.17. The predicted octanol–water partition coefficient (Wildman–Crippen LogP) is 2.11. The minimum Gasteiger partial charge on any atom is -0.387 e. The third-order valence-corrected chi connectivity index (χ3v) is 5.06.